The average molecular weight is 457 g/mol. The van der Waals surface area contributed by atoms with Crippen LogP contribution >= 0.6 is 0 Å². The van der Waals surface area contributed by atoms with Crippen molar-refractivity contribution in [2.24, 2.45) is 0 Å². The van der Waals surface area contributed by atoms with Crippen molar-refractivity contribution in [1.29, 1.82) is 0 Å². The number of benzene rings is 2. The van der Waals surface area contributed by atoms with Gasteiger partial charge in [0.15, 0.2) is 0 Å². The number of hydrogen-bond donors (Lipinski definition) is 2. The SMILES string of the molecule is CCCc1ccc(Nc2nc(Nc3ccc(OC4CCCC4)cc3)ncc2C(F)(F)F)cc1. The fraction of sp³-hybridized carbons (Fsp3) is 0.360. The summed E-state index contributed by atoms with van der Waals surface area (Å²) in [5.41, 5.74) is 1.39. The van der Waals surface area contributed by atoms with E-state index in [-0.39, 0.29) is 17.9 Å². The van der Waals surface area contributed by atoms with Crippen LogP contribution in [0.5, 0.6) is 5.75 Å². The van der Waals surface area contributed by atoms with E-state index < -0.39 is 11.7 Å². The maximum atomic E-state index is 13.5. The van der Waals surface area contributed by atoms with Crippen molar-refractivity contribution in [2.75, 3.05) is 10.6 Å². The van der Waals surface area contributed by atoms with Crippen molar-refractivity contribution in [3.8, 4) is 5.75 Å². The summed E-state index contributed by atoms with van der Waals surface area (Å²) in [5, 5.41) is 5.76. The molecule has 2 N–H and O–H groups in total. The summed E-state index contributed by atoms with van der Waals surface area (Å²) < 4.78 is 46.5. The molecule has 0 saturated heterocycles. The Morgan fingerprint density at radius 3 is 2.21 bits per heavy atom. The van der Waals surface area contributed by atoms with Crippen LogP contribution in [0.15, 0.2) is 54.7 Å². The van der Waals surface area contributed by atoms with Gasteiger partial charge in [0.2, 0.25) is 5.95 Å². The van der Waals surface area contributed by atoms with Crippen LogP contribution in [0.1, 0.15) is 50.2 Å². The Bertz CT molecular complexity index is 1050. The molecule has 8 heteroatoms. The summed E-state index contributed by atoms with van der Waals surface area (Å²) in [4.78, 5) is 7.98. The number of halogens is 3. The van der Waals surface area contributed by atoms with Gasteiger partial charge in [-0.25, -0.2) is 4.98 Å². The molecule has 3 aromatic rings. The van der Waals surface area contributed by atoms with E-state index in [0.29, 0.717) is 11.4 Å². The molecule has 5 nitrogen and oxygen atoms in total. The zero-order valence-electron chi connectivity index (χ0n) is 18.5. The topological polar surface area (TPSA) is 59.1 Å². The first-order valence-corrected chi connectivity index (χ1v) is 11.2. The minimum Gasteiger partial charge on any atom is -0.490 e. The number of alkyl halides is 3. The second-order valence-electron chi connectivity index (χ2n) is 8.20. The van der Waals surface area contributed by atoms with Crippen LogP contribution in [-0.4, -0.2) is 16.1 Å². The monoisotopic (exact) mass is 456 g/mol. The van der Waals surface area contributed by atoms with Crippen molar-refractivity contribution in [3.63, 3.8) is 0 Å². The Morgan fingerprint density at radius 1 is 0.939 bits per heavy atom. The van der Waals surface area contributed by atoms with Gasteiger partial charge < -0.3 is 15.4 Å². The Kier molecular flexibility index (Phi) is 7.01. The second-order valence-corrected chi connectivity index (χ2v) is 8.20. The largest absolute Gasteiger partial charge is 0.490 e. The third-order valence-corrected chi connectivity index (χ3v) is 5.56. The van der Waals surface area contributed by atoms with Crippen molar-refractivity contribution in [1.82, 2.24) is 9.97 Å². The van der Waals surface area contributed by atoms with E-state index in [1.807, 2.05) is 24.3 Å². The van der Waals surface area contributed by atoms with Gasteiger partial charge >= 0.3 is 6.18 Å². The lowest BCUT2D eigenvalue weighted by molar-refractivity contribution is -0.137. The van der Waals surface area contributed by atoms with E-state index in [1.165, 1.54) is 12.8 Å². The standard InChI is InChI=1S/C25H27F3N4O/c1-2-5-17-8-10-18(11-9-17)30-23-22(25(26,27)28)16-29-24(32-23)31-19-12-14-21(15-13-19)33-20-6-3-4-7-20/h8-16,20H,2-7H2,1H3,(H2,29,30,31,32). The Balaban J connectivity index is 1.50. The highest BCUT2D eigenvalue weighted by atomic mass is 19.4. The normalized spacial score (nSPS) is 14.3. The first-order valence-electron chi connectivity index (χ1n) is 11.2. The minimum atomic E-state index is -4.58. The van der Waals surface area contributed by atoms with Crippen molar-refractivity contribution >= 4 is 23.1 Å². The van der Waals surface area contributed by atoms with E-state index in [4.69, 9.17) is 4.74 Å². The van der Waals surface area contributed by atoms with E-state index in [9.17, 15) is 13.2 Å². The molecule has 1 fully saturated rings. The smallest absolute Gasteiger partial charge is 0.421 e. The lowest BCUT2D eigenvalue weighted by Gasteiger charge is -2.16. The Labute approximate surface area is 191 Å². The average Bonchev–Trinajstić information content (AvgIpc) is 3.29. The van der Waals surface area contributed by atoms with Gasteiger partial charge in [0.1, 0.15) is 17.1 Å². The first kappa shape index (κ1) is 22.9. The van der Waals surface area contributed by atoms with Crippen LogP contribution in [-0.2, 0) is 12.6 Å². The highest BCUT2D eigenvalue weighted by Gasteiger charge is 2.35. The lowest BCUT2D eigenvalue weighted by Crippen LogP contribution is -2.12. The molecule has 4 rings (SSSR count). The van der Waals surface area contributed by atoms with Gasteiger partial charge in [0, 0.05) is 17.6 Å². The predicted molar refractivity (Wildman–Crippen MR) is 123 cm³/mol. The van der Waals surface area contributed by atoms with Crippen LogP contribution in [0, 0.1) is 0 Å². The van der Waals surface area contributed by atoms with E-state index in [0.717, 1.165) is 43.2 Å². The minimum absolute atomic E-state index is 0.0672. The molecule has 1 heterocycles. The third kappa shape index (κ3) is 6.15. The molecule has 0 radical (unpaired) electrons. The van der Waals surface area contributed by atoms with E-state index >= 15 is 0 Å². The van der Waals surface area contributed by atoms with Gasteiger partial charge in [-0.15, -0.1) is 0 Å². The maximum absolute atomic E-state index is 13.5. The quantitative estimate of drug-likeness (QED) is 0.374. The van der Waals surface area contributed by atoms with E-state index in [2.05, 4.69) is 27.5 Å². The number of hydrogen-bond acceptors (Lipinski definition) is 5. The molecule has 0 bridgehead atoms. The lowest BCUT2D eigenvalue weighted by atomic mass is 10.1. The molecule has 174 valence electrons. The zero-order valence-corrected chi connectivity index (χ0v) is 18.5. The molecule has 2 aromatic carbocycles. The summed E-state index contributed by atoms with van der Waals surface area (Å²) in [6.07, 6.45) is 2.89. The van der Waals surface area contributed by atoms with Crippen LogP contribution in [0.25, 0.3) is 0 Å². The Morgan fingerprint density at radius 2 is 1.58 bits per heavy atom. The fourth-order valence-electron chi connectivity index (χ4n) is 3.87. The molecule has 33 heavy (non-hydrogen) atoms. The molecule has 0 atom stereocenters. The predicted octanol–water partition coefficient (Wildman–Crippen LogP) is 7.26. The molecule has 0 aliphatic heterocycles. The van der Waals surface area contributed by atoms with Gasteiger partial charge in [0.25, 0.3) is 0 Å². The zero-order chi connectivity index (χ0) is 23.3. The van der Waals surface area contributed by atoms with Gasteiger partial charge in [-0.2, -0.15) is 18.2 Å². The van der Waals surface area contributed by atoms with Gasteiger partial charge in [-0.1, -0.05) is 25.5 Å². The van der Waals surface area contributed by atoms with Crippen LogP contribution < -0.4 is 15.4 Å². The molecule has 0 spiro atoms. The van der Waals surface area contributed by atoms with Crippen molar-refractivity contribution < 1.29 is 17.9 Å². The Hall–Kier alpha value is -3.29. The number of anilines is 4. The summed E-state index contributed by atoms with van der Waals surface area (Å²) in [6, 6.07) is 14.6. The highest BCUT2D eigenvalue weighted by Crippen LogP contribution is 2.35. The van der Waals surface area contributed by atoms with Gasteiger partial charge in [0.05, 0.1) is 6.10 Å². The summed E-state index contributed by atoms with van der Waals surface area (Å²) in [6.45, 7) is 2.08. The van der Waals surface area contributed by atoms with Crippen LogP contribution in [0.3, 0.4) is 0 Å². The number of ether oxygens (including phenoxy) is 1. The maximum Gasteiger partial charge on any atom is 0.421 e. The summed E-state index contributed by atoms with van der Waals surface area (Å²) in [7, 11) is 0. The molecule has 0 unspecified atom stereocenters. The number of nitrogens with zero attached hydrogens (tertiary/aromatic N) is 2. The van der Waals surface area contributed by atoms with Gasteiger partial charge in [-0.3, -0.25) is 0 Å². The second kappa shape index (κ2) is 10.1. The fourth-order valence-corrected chi connectivity index (χ4v) is 3.87. The number of nitrogens with one attached hydrogen (secondary N) is 2. The molecular formula is C25H27F3N4O. The summed E-state index contributed by atoms with van der Waals surface area (Å²) in [5.74, 6) is 0.539. The van der Waals surface area contributed by atoms with Crippen molar-refractivity contribution in [3.05, 3.63) is 65.9 Å². The first-order chi connectivity index (χ1) is 15.9. The molecule has 1 aliphatic rings. The molecule has 1 aromatic heterocycles. The molecular weight excluding hydrogens is 429 g/mol. The summed E-state index contributed by atoms with van der Waals surface area (Å²) >= 11 is 0. The number of aromatic nitrogens is 2. The molecule has 0 amide bonds. The number of rotatable bonds is 8. The molecule has 1 aliphatic carbocycles. The van der Waals surface area contributed by atoms with Crippen LogP contribution in [0.2, 0.25) is 0 Å². The van der Waals surface area contributed by atoms with Crippen LogP contribution in [0.4, 0.5) is 36.3 Å². The highest BCUT2D eigenvalue weighted by molar-refractivity contribution is 5.63. The third-order valence-electron chi connectivity index (χ3n) is 5.56. The molecule has 1 saturated carbocycles. The van der Waals surface area contributed by atoms with E-state index in [1.54, 1.807) is 24.3 Å². The van der Waals surface area contributed by atoms with Crippen molar-refractivity contribution in [2.45, 2.75) is 57.7 Å². The van der Waals surface area contributed by atoms with Gasteiger partial charge in [-0.05, 0) is 74.1 Å². The number of aryl methyl sites for hydroxylation is 1.